The number of hydrogen-bond donors (Lipinski definition) is 2. The summed E-state index contributed by atoms with van der Waals surface area (Å²) in [6.07, 6.45) is 0. The minimum atomic E-state index is -3.56. The van der Waals surface area contributed by atoms with Crippen molar-refractivity contribution in [3.8, 4) is 0 Å². The van der Waals surface area contributed by atoms with Crippen LogP contribution in [-0.2, 0) is 10.0 Å². The van der Waals surface area contributed by atoms with Crippen LogP contribution in [0.15, 0.2) is 16.5 Å². The van der Waals surface area contributed by atoms with E-state index in [0.29, 0.717) is 11.4 Å². The largest absolute Gasteiger partial charge is 0.281 e. The molecule has 0 aliphatic heterocycles. The van der Waals surface area contributed by atoms with Gasteiger partial charge < -0.3 is 0 Å². The molecule has 0 fully saturated rings. The molecule has 0 aromatic carbocycles. The van der Waals surface area contributed by atoms with Crippen LogP contribution in [0.1, 0.15) is 11.4 Å². The Hall–Kier alpha value is -0.850. The molecule has 0 spiro atoms. The molecular formula is C8H12ClN3O2S. The van der Waals surface area contributed by atoms with Crippen LogP contribution in [0.25, 0.3) is 0 Å². The molecule has 1 rings (SSSR count). The second kappa shape index (κ2) is 4.34. The van der Waals surface area contributed by atoms with Crippen LogP contribution < -0.4 is 4.72 Å². The molecule has 0 bridgehead atoms. The Morgan fingerprint density at radius 1 is 1.60 bits per heavy atom. The standard InChI is InChI=1S/C8H12ClN3O2S/c1-5(9)4-10-15(13,14)8-6(2)11-12-7(8)3/h10H,1,4H2,2-3H3,(H,11,12). The summed E-state index contributed by atoms with van der Waals surface area (Å²) in [6.45, 7) is 6.67. The van der Waals surface area contributed by atoms with E-state index in [9.17, 15) is 8.42 Å². The van der Waals surface area contributed by atoms with Crippen molar-refractivity contribution in [3.63, 3.8) is 0 Å². The van der Waals surface area contributed by atoms with Crippen molar-refractivity contribution in [2.75, 3.05) is 6.54 Å². The quantitative estimate of drug-likeness (QED) is 0.838. The molecule has 0 saturated carbocycles. The minimum Gasteiger partial charge on any atom is -0.281 e. The lowest BCUT2D eigenvalue weighted by atomic mass is 10.4. The molecule has 0 amide bonds. The van der Waals surface area contributed by atoms with Crippen LogP contribution in [0.4, 0.5) is 0 Å². The molecule has 15 heavy (non-hydrogen) atoms. The number of aryl methyl sites for hydroxylation is 2. The highest BCUT2D eigenvalue weighted by Crippen LogP contribution is 2.16. The van der Waals surface area contributed by atoms with E-state index in [4.69, 9.17) is 11.6 Å². The molecule has 0 aliphatic rings. The van der Waals surface area contributed by atoms with Gasteiger partial charge in [0.1, 0.15) is 4.90 Å². The van der Waals surface area contributed by atoms with E-state index in [1.807, 2.05) is 0 Å². The topological polar surface area (TPSA) is 74.8 Å². The first-order valence-corrected chi connectivity index (χ1v) is 6.05. The van der Waals surface area contributed by atoms with Gasteiger partial charge in [-0.2, -0.15) is 5.10 Å². The van der Waals surface area contributed by atoms with Crippen molar-refractivity contribution in [2.24, 2.45) is 0 Å². The summed E-state index contributed by atoms with van der Waals surface area (Å²) in [5, 5.41) is 6.65. The van der Waals surface area contributed by atoms with Crippen molar-refractivity contribution >= 4 is 21.6 Å². The smallest absolute Gasteiger partial charge is 0.244 e. The lowest BCUT2D eigenvalue weighted by molar-refractivity contribution is 0.584. The molecule has 1 aromatic heterocycles. The lowest BCUT2D eigenvalue weighted by Gasteiger charge is -2.05. The molecule has 1 aromatic rings. The molecular weight excluding hydrogens is 238 g/mol. The monoisotopic (exact) mass is 249 g/mol. The summed E-state index contributed by atoms with van der Waals surface area (Å²) in [4.78, 5) is 0.167. The molecule has 1 heterocycles. The number of halogens is 1. The molecule has 2 N–H and O–H groups in total. The number of H-pyrrole nitrogens is 1. The molecule has 0 radical (unpaired) electrons. The SMILES string of the molecule is C=C(Cl)CNS(=O)(=O)c1c(C)n[nH]c1C. The van der Waals surface area contributed by atoms with Gasteiger partial charge in [-0.15, -0.1) is 0 Å². The fraction of sp³-hybridized carbons (Fsp3) is 0.375. The van der Waals surface area contributed by atoms with Crippen molar-refractivity contribution in [1.82, 2.24) is 14.9 Å². The number of nitrogens with zero attached hydrogens (tertiary/aromatic N) is 1. The first-order chi connectivity index (χ1) is 6.84. The zero-order valence-corrected chi connectivity index (χ0v) is 10.0. The summed E-state index contributed by atoms with van der Waals surface area (Å²) in [5.74, 6) is 0. The Balaban J connectivity index is 3.01. The highest BCUT2D eigenvalue weighted by Gasteiger charge is 2.21. The zero-order valence-electron chi connectivity index (χ0n) is 8.46. The first kappa shape index (κ1) is 12.2. The van der Waals surface area contributed by atoms with Crippen LogP contribution >= 0.6 is 11.6 Å². The average molecular weight is 250 g/mol. The molecule has 7 heteroatoms. The van der Waals surface area contributed by atoms with E-state index in [2.05, 4.69) is 21.5 Å². The Kier molecular flexibility index (Phi) is 3.54. The van der Waals surface area contributed by atoms with Crippen LogP contribution in [0, 0.1) is 13.8 Å². The van der Waals surface area contributed by atoms with Gasteiger partial charge in [0.2, 0.25) is 10.0 Å². The van der Waals surface area contributed by atoms with Crippen LogP contribution in [0.3, 0.4) is 0 Å². The predicted molar refractivity (Wildman–Crippen MR) is 58.2 cm³/mol. The van der Waals surface area contributed by atoms with Gasteiger partial charge in [0.15, 0.2) is 0 Å². The van der Waals surface area contributed by atoms with Gasteiger partial charge >= 0.3 is 0 Å². The van der Waals surface area contributed by atoms with Crippen LogP contribution in [0.5, 0.6) is 0 Å². The van der Waals surface area contributed by atoms with Gasteiger partial charge in [0, 0.05) is 11.6 Å². The third-order valence-corrected chi connectivity index (χ3v) is 3.58. The van der Waals surface area contributed by atoms with Crippen molar-refractivity contribution in [1.29, 1.82) is 0 Å². The fourth-order valence-electron chi connectivity index (χ4n) is 1.18. The maximum atomic E-state index is 11.8. The van der Waals surface area contributed by atoms with E-state index >= 15 is 0 Å². The van der Waals surface area contributed by atoms with Gasteiger partial charge in [-0.05, 0) is 13.8 Å². The Morgan fingerprint density at radius 3 is 2.60 bits per heavy atom. The number of aromatic amines is 1. The van der Waals surface area contributed by atoms with Crippen molar-refractivity contribution in [2.45, 2.75) is 18.7 Å². The summed E-state index contributed by atoms with van der Waals surface area (Å²) >= 11 is 5.48. The van der Waals surface area contributed by atoms with Gasteiger partial charge in [-0.1, -0.05) is 18.2 Å². The summed E-state index contributed by atoms with van der Waals surface area (Å²) in [7, 11) is -3.56. The molecule has 0 aliphatic carbocycles. The summed E-state index contributed by atoms with van der Waals surface area (Å²) in [5.41, 5.74) is 0.931. The third-order valence-electron chi connectivity index (χ3n) is 1.78. The maximum Gasteiger partial charge on any atom is 0.244 e. The Labute approximate surface area is 93.6 Å². The molecule has 0 saturated heterocycles. The molecule has 0 atom stereocenters. The van der Waals surface area contributed by atoms with E-state index < -0.39 is 10.0 Å². The normalized spacial score (nSPS) is 11.7. The highest BCUT2D eigenvalue weighted by atomic mass is 35.5. The minimum absolute atomic E-state index is 0.00789. The maximum absolute atomic E-state index is 11.8. The van der Waals surface area contributed by atoms with Crippen molar-refractivity contribution < 1.29 is 8.42 Å². The second-order valence-electron chi connectivity index (χ2n) is 3.10. The molecule has 84 valence electrons. The van der Waals surface area contributed by atoms with Gasteiger partial charge in [0.25, 0.3) is 0 Å². The van der Waals surface area contributed by atoms with Crippen molar-refractivity contribution in [3.05, 3.63) is 23.0 Å². The second-order valence-corrected chi connectivity index (χ2v) is 5.34. The molecule has 5 nitrogen and oxygen atoms in total. The first-order valence-electron chi connectivity index (χ1n) is 4.19. The molecule has 0 unspecified atom stereocenters. The van der Waals surface area contributed by atoms with Crippen LogP contribution in [-0.4, -0.2) is 25.2 Å². The Bertz CT molecular complexity index is 459. The number of rotatable bonds is 4. The van der Waals surface area contributed by atoms with E-state index in [1.54, 1.807) is 13.8 Å². The summed E-state index contributed by atoms with van der Waals surface area (Å²) < 4.78 is 25.9. The summed E-state index contributed by atoms with van der Waals surface area (Å²) in [6, 6.07) is 0. The number of aromatic nitrogens is 2. The van der Waals surface area contributed by atoms with Crippen LogP contribution in [0.2, 0.25) is 0 Å². The Morgan fingerprint density at radius 2 is 2.20 bits per heavy atom. The van der Waals surface area contributed by atoms with E-state index in [1.165, 1.54) is 0 Å². The highest BCUT2D eigenvalue weighted by molar-refractivity contribution is 7.89. The van der Waals surface area contributed by atoms with E-state index in [0.717, 1.165) is 0 Å². The lowest BCUT2D eigenvalue weighted by Crippen LogP contribution is -2.25. The third kappa shape index (κ3) is 2.80. The average Bonchev–Trinajstić information content (AvgIpc) is 2.43. The van der Waals surface area contributed by atoms with Gasteiger partial charge in [-0.3, -0.25) is 5.10 Å². The number of sulfonamides is 1. The van der Waals surface area contributed by atoms with Gasteiger partial charge in [0.05, 0.1) is 11.4 Å². The van der Waals surface area contributed by atoms with E-state index in [-0.39, 0.29) is 16.5 Å². The van der Waals surface area contributed by atoms with Gasteiger partial charge in [-0.25, -0.2) is 13.1 Å². The number of nitrogens with one attached hydrogen (secondary N) is 2. The zero-order chi connectivity index (χ0) is 11.6. The predicted octanol–water partition coefficient (Wildman–Crippen LogP) is 1.06. The fourth-order valence-corrected chi connectivity index (χ4v) is 2.72. The number of hydrogen-bond acceptors (Lipinski definition) is 3.